The Kier molecular flexibility index (Phi) is 4.68. The fraction of sp³-hybridized carbons (Fsp3) is 0.389. The molecule has 0 saturated heterocycles. The first kappa shape index (κ1) is 16.9. The number of esters is 1. The fourth-order valence-corrected chi connectivity index (χ4v) is 2.26. The Hall–Kier alpha value is -2.43. The van der Waals surface area contributed by atoms with Crippen LogP contribution in [0, 0.1) is 13.8 Å². The largest absolute Gasteiger partial charge is 0.465 e. The van der Waals surface area contributed by atoms with Crippen molar-refractivity contribution in [3.8, 4) is 11.8 Å². The zero-order chi connectivity index (χ0) is 17.2. The molecule has 0 unspecified atom stereocenters. The van der Waals surface area contributed by atoms with Gasteiger partial charge in [0.25, 0.3) is 0 Å². The summed E-state index contributed by atoms with van der Waals surface area (Å²) in [6, 6.07) is 8.05. The van der Waals surface area contributed by atoms with Crippen molar-refractivity contribution in [3.05, 3.63) is 46.8 Å². The van der Waals surface area contributed by atoms with E-state index in [1.54, 1.807) is 13.8 Å². The van der Waals surface area contributed by atoms with Gasteiger partial charge >= 0.3 is 12.0 Å². The van der Waals surface area contributed by atoms with E-state index in [4.69, 9.17) is 9.47 Å². The average Bonchev–Trinajstić information content (AvgIpc) is 2.45. The molecule has 1 aromatic heterocycles. The van der Waals surface area contributed by atoms with Crippen molar-refractivity contribution in [1.82, 2.24) is 9.97 Å². The first-order chi connectivity index (χ1) is 10.7. The second-order valence-electron chi connectivity index (χ2n) is 6.42. The predicted molar refractivity (Wildman–Crippen MR) is 88.1 cm³/mol. The Morgan fingerprint density at radius 3 is 1.96 bits per heavy atom. The van der Waals surface area contributed by atoms with Crippen molar-refractivity contribution in [1.29, 1.82) is 0 Å². The lowest BCUT2D eigenvalue weighted by molar-refractivity contribution is 0.0597. The van der Waals surface area contributed by atoms with Crippen molar-refractivity contribution in [2.24, 2.45) is 0 Å². The molecule has 0 bridgehead atoms. The molecule has 0 saturated carbocycles. The molecule has 0 aliphatic rings. The van der Waals surface area contributed by atoms with Gasteiger partial charge in [0.2, 0.25) is 0 Å². The molecule has 2 aromatic rings. The first-order valence-electron chi connectivity index (χ1n) is 7.44. The molecular weight excluding hydrogens is 292 g/mol. The molecular formula is C18H22N2O3. The van der Waals surface area contributed by atoms with Crippen LogP contribution in [0.3, 0.4) is 0 Å². The second kappa shape index (κ2) is 6.36. The van der Waals surface area contributed by atoms with Crippen LogP contribution in [0.1, 0.15) is 48.1 Å². The number of nitrogens with zero attached hydrogens (tertiary/aromatic N) is 2. The van der Waals surface area contributed by atoms with Crippen molar-refractivity contribution >= 4 is 5.97 Å². The minimum Gasteiger partial charge on any atom is -0.465 e. The van der Waals surface area contributed by atoms with Gasteiger partial charge in [-0.2, -0.15) is 9.97 Å². The lowest BCUT2D eigenvalue weighted by Gasteiger charge is -2.19. The third kappa shape index (κ3) is 3.86. The number of carbonyl (C=O) groups excluding carboxylic acids is 1. The van der Waals surface area contributed by atoms with Crippen LogP contribution in [0.4, 0.5) is 0 Å². The van der Waals surface area contributed by atoms with Crippen molar-refractivity contribution < 1.29 is 14.3 Å². The lowest BCUT2D eigenvalue weighted by Crippen LogP contribution is -2.11. The summed E-state index contributed by atoms with van der Waals surface area (Å²) in [7, 11) is 1.34. The molecule has 122 valence electrons. The Bertz CT molecular complexity index is 693. The molecule has 0 aliphatic heterocycles. The number of aryl methyl sites for hydroxylation is 2. The molecule has 0 aliphatic carbocycles. The smallest absolute Gasteiger partial charge is 0.341 e. The number of carbonyl (C=O) groups is 1. The van der Waals surface area contributed by atoms with E-state index in [1.165, 1.54) is 12.7 Å². The van der Waals surface area contributed by atoms with Crippen LogP contribution in [0.5, 0.6) is 11.8 Å². The van der Waals surface area contributed by atoms with Crippen LogP contribution < -0.4 is 4.74 Å². The van der Waals surface area contributed by atoms with Crippen LogP contribution >= 0.6 is 0 Å². The lowest BCUT2D eigenvalue weighted by atomic mass is 9.87. The molecule has 1 heterocycles. The summed E-state index contributed by atoms with van der Waals surface area (Å²) in [6.07, 6.45) is 0. The number of methoxy groups -OCH3 is 1. The Morgan fingerprint density at radius 1 is 1.00 bits per heavy atom. The fourth-order valence-electron chi connectivity index (χ4n) is 2.26. The molecule has 0 fully saturated rings. The van der Waals surface area contributed by atoms with E-state index in [9.17, 15) is 4.79 Å². The van der Waals surface area contributed by atoms with E-state index in [2.05, 4.69) is 30.7 Å². The summed E-state index contributed by atoms with van der Waals surface area (Å²) in [5, 5.41) is 0. The van der Waals surface area contributed by atoms with Gasteiger partial charge in [-0.05, 0) is 37.0 Å². The minimum atomic E-state index is -0.443. The number of rotatable bonds is 3. The normalized spacial score (nSPS) is 11.2. The predicted octanol–water partition coefficient (Wildman–Crippen LogP) is 3.97. The van der Waals surface area contributed by atoms with Crippen molar-refractivity contribution in [3.63, 3.8) is 0 Å². The van der Waals surface area contributed by atoms with Crippen LogP contribution in [0.25, 0.3) is 0 Å². The topological polar surface area (TPSA) is 61.3 Å². The highest BCUT2D eigenvalue weighted by molar-refractivity contribution is 5.91. The van der Waals surface area contributed by atoms with Gasteiger partial charge in [-0.1, -0.05) is 32.9 Å². The van der Waals surface area contributed by atoms with Crippen LogP contribution in [-0.4, -0.2) is 23.0 Å². The Labute approximate surface area is 136 Å². The quantitative estimate of drug-likeness (QED) is 0.802. The van der Waals surface area contributed by atoms with Gasteiger partial charge in [-0.25, -0.2) is 4.79 Å². The zero-order valence-electron chi connectivity index (χ0n) is 14.4. The van der Waals surface area contributed by atoms with Gasteiger partial charge in [-0.3, -0.25) is 0 Å². The number of hydrogen-bond donors (Lipinski definition) is 0. The maximum Gasteiger partial charge on any atom is 0.341 e. The molecule has 5 heteroatoms. The Morgan fingerprint density at radius 2 is 1.52 bits per heavy atom. The number of aromatic nitrogens is 2. The summed E-state index contributed by atoms with van der Waals surface area (Å²) >= 11 is 0. The minimum absolute atomic E-state index is 0.0877. The molecule has 1 aromatic carbocycles. The van der Waals surface area contributed by atoms with E-state index >= 15 is 0 Å². The summed E-state index contributed by atoms with van der Waals surface area (Å²) < 4.78 is 10.4. The second-order valence-corrected chi connectivity index (χ2v) is 6.42. The van der Waals surface area contributed by atoms with E-state index in [0.29, 0.717) is 22.7 Å². The van der Waals surface area contributed by atoms with E-state index < -0.39 is 5.97 Å². The van der Waals surface area contributed by atoms with E-state index in [1.807, 2.05) is 24.3 Å². The van der Waals surface area contributed by atoms with Gasteiger partial charge in [0.15, 0.2) is 0 Å². The highest BCUT2D eigenvalue weighted by Gasteiger charge is 2.18. The van der Waals surface area contributed by atoms with E-state index in [-0.39, 0.29) is 11.4 Å². The summed E-state index contributed by atoms with van der Waals surface area (Å²) in [4.78, 5) is 20.2. The van der Waals surface area contributed by atoms with Crippen LogP contribution in [0.15, 0.2) is 24.3 Å². The van der Waals surface area contributed by atoms with E-state index in [0.717, 1.165) is 0 Å². The van der Waals surface area contributed by atoms with Gasteiger partial charge < -0.3 is 9.47 Å². The molecule has 0 N–H and O–H groups in total. The van der Waals surface area contributed by atoms with Gasteiger partial charge in [0.1, 0.15) is 11.3 Å². The maximum atomic E-state index is 11.7. The Balaban J connectivity index is 2.26. The van der Waals surface area contributed by atoms with Gasteiger partial charge in [0.05, 0.1) is 18.5 Å². The third-order valence-corrected chi connectivity index (χ3v) is 3.57. The maximum absolute atomic E-state index is 11.7. The van der Waals surface area contributed by atoms with Gasteiger partial charge in [0, 0.05) is 0 Å². The van der Waals surface area contributed by atoms with Gasteiger partial charge in [-0.15, -0.1) is 0 Å². The third-order valence-electron chi connectivity index (χ3n) is 3.57. The molecule has 0 radical (unpaired) electrons. The first-order valence-corrected chi connectivity index (χ1v) is 7.44. The summed E-state index contributed by atoms with van der Waals surface area (Å²) in [5.41, 5.74) is 2.75. The average molecular weight is 314 g/mol. The molecule has 5 nitrogen and oxygen atoms in total. The number of benzene rings is 1. The highest BCUT2D eigenvalue weighted by Crippen LogP contribution is 2.26. The molecule has 2 rings (SSSR count). The van der Waals surface area contributed by atoms with Crippen molar-refractivity contribution in [2.45, 2.75) is 40.0 Å². The molecule has 0 atom stereocenters. The molecule has 0 spiro atoms. The number of ether oxygens (including phenoxy) is 2. The monoisotopic (exact) mass is 314 g/mol. The number of hydrogen-bond acceptors (Lipinski definition) is 5. The highest BCUT2D eigenvalue weighted by atomic mass is 16.5. The van der Waals surface area contributed by atoms with Crippen molar-refractivity contribution in [2.75, 3.05) is 7.11 Å². The zero-order valence-corrected chi connectivity index (χ0v) is 14.4. The summed E-state index contributed by atoms with van der Waals surface area (Å²) in [6.45, 7) is 9.94. The summed E-state index contributed by atoms with van der Waals surface area (Å²) in [5.74, 6) is 0.212. The SMILES string of the molecule is COC(=O)c1c(C)nc(Oc2ccc(C(C)(C)C)cc2)nc1C. The van der Waals surface area contributed by atoms with Crippen LogP contribution in [-0.2, 0) is 10.2 Å². The van der Waals surface area contributed by atoms with Crippen LogP contribution in [0.2, 0.25) is 0 Å². The molecule has 0 amide bonds. The molecule has 23 heavy (non-hydrogen) atoms. The standard InChI is InChI=1S/C18H22N2O3/c1-11-15(16(21)22-6)12(2)20-17(19-11)23-14-9-7-13(8-10-14)18(3,4)5/h7-10H,1-6H3.